The summed E-state index contributed by atoms with van der Waals surface area (Å²) in [7, 11) is 0. The molecular weight excluding hydrogens is 412 g/mol. The number of aliphatic hydroxyl groups is 2. The zero-order chi connectivity index (χ0) is 23.6. The number of nitrogens with one attached hydrogen (secondary N) is 4. The highest BCUT2D eigenvalue weighted by molar-refractivity contribution is 5.94. The van der Waals surface area contributed by atoms with Gasteiger partial charge in [0.1, 0.15) is 24.2 Å². The molecule has 9 N–H and O–H groups in total. The van der Waals surface area contributed by atoms with Crippen LogP contribution < -0.4 is 21.7 Å². The van der Waals surface area contributed by atoms with Crippen molar-refractivity contribution in [2.75, 3.05) is 13.2 Å². The number of rotatable bonds is 13. The maximum absolute atomic E-state index is 12.7. The lowest BCUT2D eigenvalue weighted by atomic mass is 9.99. The van der Waals surface area contributed by atoms with Crippen molar-refractivity contribution in [3.8, 4) is 0 Å². The van der Waals surface area contributed by atoms with Gasteiger partial charge in [-0.3, -0.25) is 14.4 Å². The van der Waals surface area contributed by atoms with E-state index in [1.165, 1.54) is 12.5 Å². The van der Waals surface area contributed by atoms with Crippen LogP contribution in [-0.4, -0.2) is 86.4 Å². The third-order valence-electron chi connectivity index (χ3n) is 4.74. The number of aromatic nitrogens is 2. The average molecular weight is 442 g/mol. The Labute approximate surface area is 178 Å². The Morgan fingerprint density at radius 1 is 1.06 bits per heavy atom. The van der Waals surface area contributed by atoms with Crippen LogP contribution in [0.15, 0.2) is 12.5 Å². The van der Waals surface area contributed by atoms with E-state index in [-0.39, 0.29) is 12.3 Å². The molecule has 13 nitrogen and oxygen atoms in total. The summed E-state index contributed by atoms with van der Waals surface area (Å²) in [5.74, 6) is -4.13. The topological polar surface area (TPSA) is 220 Å². The molecule has 0 saturated carbocycles. The summed E-state index contributed by atoms with van der Waals surface area (Å²) in [5, 5.41) is 34.9. The number of nitrogens with two attached hydrogens (primary N) is 1. The molecule has 174 valence electrons. The van der Waals surface area contributed by atoms with Gasteiger partial charge in [0.15, 0.2) is 0 Å². The zero-order valence-electron chi connectivity index (χ0n) is 17.4. The standard InChI is InChI=1S/C18H30N6O7/c1-3-9(2)14(18(30)31)24-17(29)13(7-26)23-16(28)12(4-10-5-20-8-21-10)22-15(27)11(19)6-25/h5,8-9,11-14,25-26H,3-4,6-7,19H2,1-2H3,(H,20,21)(H,22,27)(H,23,28)(H,24,29)(H,30,31). The van der Waals surface area contributed by atoms with Crippen LogP contribution in [0.25, 0.3) is 0 Å². The molecule has 0 aromatic carbocycles. The summed E-state index contributed by atoms with van der Waals surface area (Å²) >= 11 is 0. The van der Waals surface area contributed by atoms with E-state index >= 15 is 0 Å². The molecule has 3 amide bonds. The molecule has 13 heteroatoms. The Kier molecular flexibility index (Phi) is 10.6. The Morgan fingerprint density at radius 3 is 2.16 bits per heavy atom. The summed E-state index contributed by atoms with van der Waals surface area (Å²) in [5.41, 5.74) is 5.96. The number of amides is 3. The number of imidazole rings is 1. The largest absolute Gasteiger partial charge is 0.480 e. The predicted molar refractivity (Wildman–Crippen MR) is 107 cm³/mol. The minimum atomic E-state index is -1.45. The first-order valence-electron chi connectivity index (χ1n) is 9.72. The highest BCUT2D eigenvalue weighted by Gasteiger charge is 2.31. The fourth-order valence-electron chi connectivity index (χ4n) is 2.59. The van der Waals surface area contributed by atoms with Crippen molar-refractivity contribution in [1.82, 2.24) is 25.9 Å². The van der Waals surface area contributed by atoms with Crippen molar-refractivity contribution in [2.24, 2.45) is 11.7 Å². The molecule has 0 radical (unpaired) electrons. The fraction of sp³-hybridized carbons (Fsp3) is 0.611. The van der Waals surface area contributed by atoms with E-state index in [4.69, 9.17) is 10.8 Å². The first kappa shape index (κ1) is 26.0. The number of H-pyrrole nitrogens is 1. The fourth-order valence-corrected chi connectivity index (χ4v) is 2.59. The van der Waals surface area contributed by atoms with Crippen LogP contribution in [0.4, 0.5) is 0 Å². The molecule has 0 aliphatic carbocycles. The van der Waals surface area contributed by atoms with E-state index in [0.29, 0.717) is 12.1 Å². The van der Waals surface area contributed by atoms with Crippen LogP contribution in [0.3, 0.4) is 0 Å². The van der Waals surface area contributed by atoms with Gasteiger partial charge >= 0.3 is 5.97 Å². The number of aromatic amines is 1. The van der Waals surface area contributed by atoms with Gasteiger partial charge in [-0.25, -0.2) is 9.78 Å². The smallest absolute Gasteiger partial charge is 0.326 e. The van der Waals surface area contributed by atoms with E-state index in [2.05, 4.69) is 25.9 Å². The second kappa shape index (κ2) is 12.6. The summed E-state index contributed by atoms with van der Waals surface area (Å²) in [6, 6.07) is -5.13. The average Bonchev–Trinajstić information content (AvgIpc) is 3.26. The van der Waals surface area contributed by atoms with Gasteiger partial charge in [0, 0.05) is 18.3 Å². The van der Waals surface area contributed by atoms with E-state index in [1.54, 1.807) is 13.8 Å². The number of aliphatic hydroxyl groups excluding tert-OH is 2. The van der Waals surface area contributed by atoms with Crippen molar-refractivity contribution in [3.63, 3.8) is 0 Å². The van der Waals surface area contributed by atoms with Crippen LogP contribution in [-0.2, 0) is 25.6 Å². The van der Waals surface area contributed by atoms with Crippen LogP contribution >= 0.6 is 0 Å². The van der Waals surface area contributed by atoms with Gasteiger partial charge in [-0.1, -0.05) is 20.3 Å². The SMILES string of the molecule is CCC(C)C(NC(=O)C(CO)NC(=O)C(Cc1cnc[nH]1)NC(=O)C(N)CO)C(=O)O. The third-order valence-corrected chi connectivity index (χ3v) is 4.74. The van der Waals surface area contributed by atoms with Crippen LogP contribution in [0.5, 0.6) is 0 Å². The molecule has 1 aromatic heterocycles. The molecule has 1 heterocycles. The number of hydrogen-bond acceptors (Lipinski definition) is 8. The van der Waals surface area contributed by atoms with Crippen molar-refractivity contribution >= 4 is 23.7 Å². The molecule has 0 aliphatic heterocycles. The van der Waals surface area contributed by atoms with Gasteiger partial charge in [-0.15, -0.1) is 0 Å². The van der Waals surface area contributed by atoms with E-state index in [0.717, 1.165) is 0 Å². The summed E-state index contributed by atoms with van der Waals surface area (Å²) in [4.78, 5) is 55.2. The molecule has 1 rings (SSSR count). The lowest BCUT2D eigenvalue weighted by Gasteiger charge is -2.25. The van der Waals surface area contributed by atoms with Gasteiger partial charge in [0.05, 0.1) is 19.5 Å². The van der Waals surface area contributed by atoms with Crippen molar-refractivity contribution in [1.29, 1.82) is 0 Å². The molecule has 0 bridgehead atoms. The van der Waals surface area contributed by atoms with Gasteiger partial charge in [-0.2, -0.15) is 0 Å². The van der Waals surface area contributed by atoms with Gasteiger partial charge in [0.2, 0.25) is 17.7 Å². The van der Waals surface area contributed by atoms with Gasteiger partial charge < -0.3 is 42.0 Å². The minimum Gasteiger partial charge on any atom is -0.480 e. The van der Waals surface area contributed by atoms with Crippen molar-refractivity contribution in [2.45, 2.75) is 50.9 Å². The number of carboxylic acid groups (broad SMARTS) is 1. The maximum Gasteiger partial charge on any atom is 0.326 e. The number of carbonyl (C=O) groups excluding carboxylic acids is 3. The third kappa shape index (κ3) is 7.96. The Balaban J connectivity index is 2.92. The van der Waals surface area contributed by atoms with E-state index in [9.17, 15) is 29.4 Å². The van der Waals surface area contributed by atoms with Crippen molar-refractivity contribution < 1.29 is 34.5 Å². The summed E-state index contributed by atoms with van der Waals surface area (Å²) in [6.07, 6.45) is 3.24. The number of carbonyl (C=O) groups is 4. The summed E-state index contributed by atoms with van der Waals surface area (Å²) in [6.45, 7) is 1.97. The zero-order valence-corrected chi connectivity index (χ0v) is 17.4. The van der Waals surface area contributed by atoms with Crippen LogP contribution in [0.2, 0.25) is 0 Å². The molecule has 5 unspecified atom stereocenters. The normalized spacial score (nSPS) is 15.8. The number of hydrogen-bond donors (Lipinski definition) is 8. The lowest BCUT2D eigenvalue weighted by Crippen LogP contribution is -2.59. The highest BCUT2D eigenvalue weighted by Crippen LogP contribution is 2.08. The molecule has 31 heavy (non-hydrogen) atoms. The second-order valence-corrected chi connectivity index (χ2v) is 7.08. The predicted octanol–water partition coefficient (Wildman–Crippen LogP) is -3.15. The van der Waals surface area contributed by atoms with Crippen LogP contribution in [0, 0.1) is 5.92 Å². The van der Waals surface area contributed by atoms with Gasteiger partial charge in [0.25, 0.3) is 0 Å². The van der Waals surface area contributed by atoms with Crippen molar-refractivity contribution in [3.05, 3.63) is 18.2 Å². The number of nitrogens with zero attached hydrogens (tertiary/aromatic N) is 1. The number of carboxylic acids is 1. The molecule has 0 spiro atoms. The molecule has 5 atom stereocenters. The molecule has 0 aliphatic rings. The second-order valence-electron chi connectivity index (χ2n) is 7.08. The molecule has 0 fully saturated rings. The monoisotopic (exact) mass is 442 g/mol. The lowest BCUT2D eigenvalue weighted by molar-refractivity contribution is -0.144. The highest BCUT2D eigenvalue weighted by atomic mass is 16.4. The Morgan fingerprint density at radius 2 is 1.68 bits per heavy atom. The number of aliphatic carboxylic acids is 1. The quantitative estimate of drug-likeness (QED) is 0.154. The first-order chi connectivity index (χ1) is 14.6. The van der Waals surface area contributed by atoms with Crippen LogP contribution in [0.1, 0.15) is 26.0 Å². The minimum absolute atomic E-state index is 0.0416. The first-order valence-corrected chi connectivity index (χ1v) is 9.72. The Hall–Kier alpha value is -3.03. The molecular formula is C18H30N6O7. The Bertz CT molecular complexity index is 742. The molecule has 0 saturated heterocycles. The molecule has 1 aromatic rings. The maximum atomic E-state index is 12.7. The van der Waals surface area contributed by atoms with E-state index in [1.807, 2.05) is 0 Å². The summed E-state index contributed by atoms with van der Waals surface area (Å²) < 4.78 is 0. The van der Waals surface area contributed by atoms with Gasteiger partial charge in [-0.05, 0) is 5.92 Å². The van der Waals surface area contributed by atoms with E-state index < -0.39 is 61.1 Å².